The molecule has 2 aromatic heterocycles. The molecule has 2 rings (SSSR count). The minimum Gasteiger partial charge on any atom is -0.306 e. The van der Waals surface area contributed by atoms with Crippen LogP contribution in [0.4, 0.5) is 0 Å². The van der Waals surface area contributed by atoms with Crippen LogP contribution in [0.25, 0.3) is 0 Å². The molecule has 0 amide bonds. The van der Waals surface area contributed by atoms with Crippen LogP contribution in [0.15, 0.2) is 24.5 Å². The average molecular weight is 270 g/mol. The van der Waals surface area contributed by atoms with E-state index in [1.807, 2.05) is 26.2 Å². The van der Waals surface area contributed by atoms with E-state index in [1.165, 1.54) is 16.7 Å². The Labute approximate surface area is 120 Å². The van der Waals surface area contributed by atoms with Crippen molar-refractivity contribution in [3.05, 3.63) is 52.6 Å². The Morgan fingerprint density at radius 3 is 2.60 bits per heavy atom. The zero-order valence-electron chi connectivity index (χ0n) is 12.6. The summed E-state index contributed by atoms with van der Waals surface area (Å²) in [4.78, 5) is 4.31. The first-order valence-electron chi connectivity index (χ1n) is 7.07. The van der Waals surface area contributed by atoms with Gasteiger partial charge in [0.2, 0.25) is 0 Å². The van der Waals surface area contributed by atoms with Gasteiger partial charge in [0.05, 0.1) is 17.4 Å². The molecular formula is C16H22N4. The van der Waals surface area contributed by atoms with Crippen LogP contribution in [-0.4, -0.2) is 21.7 Å². The van der Waals surface area contributed by atoms with Crippen LogP contribution < -0.4 is 5.32 Å². The molecule has 0 aliphatic rings. The van der Waals surface area contributed by atoms with Crippen LogP contribution in [0.2, 0.25) is 0 Å². The largest absolute Gasteiger partial charge is 0.306 e. The smallest absolute Gasteiger partial charge is 0.0651 e. The maximum Gasteiger partial charge on any atom is 0.0651 e. The Bertz CT molecular complexity index is 580. The lowest BCUT2D eigenvalue weighted by atomic mass is 9.98. The SMILES string of the molecule is CCCNC(c1cncc(C)c1)c1cc(C)nnc1C. The molecule has 2 heterocycles. The minimum absolute atomic E-state index is 0.122. The fraction of sp³-hybridized carbons (Fsp3) is 0.438. The van der Waals surface area contributed by atoms with E-state index >= 15 is 0 Å². The van der Waals surface area contributed by atoms with Crippen molar-refractivity contribution in [3.63, 3.8) is 0 Å². The van der Waals surface area contributed by atoms with Crippen LogP contribution in [0, 0.1) is 20.8 Å². The van der Waals surface area contributed by atoms with E-state index in [1.54, 1.807) is 0 Å². The highest BCUT2D eigenvalue weighted by molar-refractivity contribution is 5.34. The molecule has 0 aliphatic heterocycles. The van der Waals surface area contributed by atoms with E-state index in [0.717, 1.165) is 24.4 Å². The topological polar surface area (TPSA) is 50.7 Å². The van der Waals surface area contributed by atoms with Gasteiger partial charge in [-0.3, -0.25) is 4.98 Å². The van der Waals surface area contributed by atoms with Crippen molar-refractivity contribution in [3.8, 4) is 0 Å². The summed E-state index contributed by atoms with van der Waals surface area (Å²) in [6.45, 7) is 9.17. The predicted molar refractivity (Wildman–Crippen MR) is 80.6 cm³/mol. The summed E-state index contributed by atoms with van der Waals surface area (Å²) in [6.07, 6.45) is 4.89. The molecule has 0 saturated carbocycles. The standard InChI is InChI=1S/C16H22N4/c1-5-6-18-16(14-7-11(2)9-17-10-14)15-8-12(3)19-20-13(15)4/h7-10,16,18H,5-6H2,1-4H3. The Balaban J connectivity index is 2.44. The average Bonchev–Trinajstić information content (AvgIpc) is 2.43. The van der Waals surface area contributed by atoms with E-state index in [0.29, 0.717) is 0 Å². The second-order valence-corrected chi connectivity index (χ2v) is 5.21. The van der Waals surface area contributed by atoms with Crippen LogP contribution >= 0.6 is 0 Å². The zero-order chi connectivity index (χ0) is 14.5. The Hall–Kier alpha value is -1.81. The number of rotatable bonds is 5. The van der Waals surface area contributed by atoms with E-state index < -0.39 is 0 Å². The first kappa shape index (κ1) is 14.6. The van der Waals surface area contributed by atoms with Crippen LogP contribution in [0.1, 0.15) is 47.5 Å². The number of aryl methyl sites for hydroxylation is 3. The molecule has 0 bridgehead atoms. The lowest BCUT2D eigenvalue weighted by Crippen LogP contribution is -2.24. The molecule has 2 aromatic rings. The number of hydrogen-bond donors (Lipinski definition) is 1. The lowest BCUT2D eigenvalue weighted by Gasteiger charge is -2.21. The van der Waals surface area contributed by atoms with E-state index in [9.17, 15) is 0 Å². The van der Waals surface area contributed by atoms with E-state index in [-0.39, 0.29) is 6.04 Å². The van der Waals surface area contributed by atoms with Crippen molar-refractivity contribution in [1.29, 1.82) is 0 Å². The van der Waals surface area contributed by atoms with Gasteiger partial charge in [-0.05, 0) is 56.5 Å². The second kappa shape index (κ2) is 6.57. The van der Waals surface area contributed by atoms with Crippen molar-refractivity contribution < 1.29 is 0 Å². The van der Waals surface area contributed by atoms with Crippen molar-refractivity contribution in [2.75, 3.05) is 6.54 Å². The first-order valence-corrected chi connectivity index (χ1v) is 7.07. The Kier molecular flexibility index (Phi) is 4.79. The monoisotopic (exact) mass is 270 g/mol. The van der Waals surface area contributed by atoms with Gasteiger partial charge in [0.1, 0.15) is 0 Å². The van der Waals surface area contributed by atoms with Gasteiger partial charge in [-0.25, -0.2) is 0 Å². The molecule has 0 saturated heterocycles. The summed E-state index contributed by atoms with van der Waals surface area (Å²) >= 11 is 0. The van der Waals surface area contributed by atoms with Gasteiger partial charge in [-0.15, -0.1) is 0 Å². The lowest BCUT2D eigenvalue weighted by molar-refractivity contribution is 0.589. The Morgan fingerprint density at radius 2 is 1.90 bits per heavy atom. The van der Waals surface area contributed by atoms with E-state index in [4.69, 9.17) is 0 Å². The number of nitrogens with zero attached hydrogens (tertiary/aromatic N) is 3. The molecule has 1 atom stereocenters. The quantitative estimate of drug-likeness (QED) is 0.907. The molecule has 1 N–H and O–H groups in total. The van der Waals surface area contributed by atoms with Crippen molar-refractivity contribution in [1.82, 2.24) is 20.5 Å². The van der Waals surface area contributed by atoms with Gasteiger partial charge in [0, 0.05) is 12.4 Å². The van der Waals surface area contributed by atoms with Crippen LogP contribution in [-0.2, 0) is 0 Å². The second-order valence-electron chi connectivity index (χ2n) is 5.21. The third-order valence-corrected chi connectivity index (χ3v) is 3.28. The van der Waals surface area contributed by atoms with Crippen LogP contribution in [0.5, 0.6) is 0 Å². The summed E-state index contributed by atoms with van der Waals surface area (Å²) in [5, 5.41) is 12.0. The van der Waals surface area contributed by atoms with Crippen molar-refractivity contribution >= 4 is 0 Å². The molecule has 0 aliphatic carbocycles. The van der Waals surface area contributed by atoms with Gasteiger partial charge in [-0.1, -0.05) is 13.0 Å². The Morgan fingerprint density at radius 1 is 1.10 bits per heavy atom. The van der Waals surface area contributed by atoms with Crippen LogP contribution in [0.3, 0.4) is 0 Å². The highest BCUT2D eigenvalue weighted by atomic mass is 15.1. The third kappa shape index (κ3) is 3.39. The summed E-state index contributed by atoms with van der Waals surface area (Å²) in [7, 11) is 0. The maximum atomic E-state index is 4.31. The third-order valence-electron chi connectivity index (χ3n) is 3.28. The summed E-state index contributed by atoms with van der Waals surface area (Å²) in [6, 6.07) is 4.41. The molecule has 0 spiro atoms. The maximum absolute atomic E-state index is 4.31. The normalized spacial score (nSPS) is 12.4. The number of pyridine rings is 1. The van der Waals surface area contributed by atoms with Gasteiger partial charge in [0.15, 0.2) is 0 Å². The van der Waals surface area contributed by atoms with Gasteiger partial charge < -0.3 is 5.32 Å². The molecule has 106 valence electrons. The fourth-order valence-corrected chi connectivity index (χ4v) is 2.29. The number of hydrogen-bond acceptors (Lipinski definition) is 4. The van der Waals surface area contributed by atoms with Crippen molar-refractivity contribution in [2.45, 2.75) is 40.2 Å². The molecule has 0 aromatic carbocycles. The fourth-order valence-electron chi connectivity index (χ4n) is 2.29. The van der Waals surface area contributed by atoms with Gasteiger partial charge >= 0.3 is 0 Å². The summed E-state index contributed by atoms with van der Waals surface area (Å²) < 4.78 is 0. The van der Waals surface area contributed by atoms with E-state index in [2.05, 4.69) is 46.5 Å². The predicted octanol–water partition coefficient (Wildman–Crippen LogP) is 2.89. The molecule has 1 unspecified atom stereocenters. The summed E-state index contributed by atoms with van der Waals surface area (Å²) in [5.41, 5.74) is 5.43. The molecule has 20 heavy (non-hydrogen) atoms. The molecule has 0 fully saturated rings. The van der Waals surface area contributed by atoms with Gasteiger partial charge in [-0.2, -0.15) is 10.2 Å². The molecule has 0 radical (unpaired) electrons. The zero-order valence-corrected chi connectivity index (χ0v) is 12.6. The molecular weight excluding hydrogens is 248 g/mol. The highest BCUT2D eigenvalue weighted by Gasteiger charge is 2.17. The molecule has 4 heteroatoms. The number of aromatic nitrogens is 3. The minimum atomic E-state index is 0.122. The number of nitrogens with one attached hydrogen (secondary N) is 1. The van der Waals surface area contributed by atoms with Crippen molar-refractivity contribution in [2.24, 2.45) is 0 Å². The highest BCUT2D eigenvalue weighted by Crippen LogP contribution is 2.24. The van der Waals surface area contributed by atoms with Gasteiger partial charge in [0.25, 0.3) is 0 Å². The molecule has 4 nitrogen and oxygen atoms in total. The first-order chi connectivity index (χ1) is 9.61. The summed E-state index contributed by atoms with van der Waals surface area (Å²) in [5.74, 6) is 0.